The van der Waals surface area contributed by atoms with Gasteiger partial charge in [0.2, 0.25) is 0 Å². The van der Waals surface area contributed by atoms with Crippen molar-refractivity contribution in [2.45, 2.75) is 0 Å². The Morgan fingerprint density at radius 1 is 0.800 bits per heavy atom. The monoisotopic (exact) mass is 441 g/mol. The minimum Gasteiger partial charge on any atom is -0.351 e. The number of nitrogens with one attached hydrogen (secondary N) is 2. The van der Waals surface area contributed by atoms with E-state index in [9.17, 15) is 0 Å². The molecular formula is C13H13N4O2W-. The molecule has 0 spiro atoms. The second-order valence-electron chi connectivity index (χ2n) is 2.48. The van der Waals surface area contributed by atoms with Gasteiger partial charge in [-0.1, -0.05) is 0 Å². The molecule has 0 atom stereocenters. The van der Waals surface area contributed by atoms with Gasteiger partial charge in [-0.2, -0.15) is 18.2 Å². The molecule has 20 heavy (non-hydrogen) atoms. The number of aromatic nitrogens is 4. The van der Waals surface area contributed by atoms with E-state index in [-0.39, 0.29) is 21.1 Å². The maximum absolute atomic E-state index is 7.50. The third kappa shape index (κ3) is 21.2. The van der Waals surface area contributed by atoms with Crippen LogP contribution < -0.4 is 0 Å². The molecule has 0 unspecified atom stereocenters. The van der Waals surface area contributed by atoms with Crippen molar-refractivity contribution in [1.29, 1.82) is 0 Å². The number of hydrogen-bond acceptors (Lipinski definition) is 2. The fourth-order valence-corrected chi connectivity index (χ4v) is 0.751. The Hall–Kier alpha value is -2.06. The number of H-pyrrole nitrogens is 2. The predicted molar refractivity (Wildman–Crippen MR) is 67.1 cm³/mol. The van der Waals surface area contributed by atoms with Gasteiger partial charge in [0.1, 0.15) is 0 Å². The summed E-state index contributed by atoms with van der Waals surface area (Å²) in [7, 11) is 0. The van der Waals surface area contributed by atoms with Crippen LogP contribution in [-0.4, -0.2) is 19.9 Å². The van der Waals surface area contributed by atoms with Gasteiger partial charge in [-0.15, -0.1) is 0 Å². The second kappa shape index (κ2) is 25.7. The van der Waals surface area contributed by atoms with Crippen molar-refractivity contribution in [1.82, 2.24) is 19.9 Å². The van der Waals surface area contributed by atoms with Crippen molar-refractivity contribution in [3.63, 3.8) is 0 Å². The van der Waals surface area contributed by atoms with Crippen molar-refractivity contribution in [2.24, 2.45) is 0 Å². The van der Waals surface area contributed by atoms with Gasteiger partial charge in [0.15, 0.2) is 0 Å². The maximum atomic E-state index is 7.50. The minimum atomic E-state index is 0. The molecule has 6 nitrogen and oxygen atoms in total. The number of imidazole rings is 2. The number of nitrogens with zero attached hydrogens (tertiary/aromatic N) is 2. The Morgan fingerprint density at radius 3 is 1.30 bits per heavy atom. The van der Waals surface area contributed by atoms with E-state index in [0.717, 1.165) is 0 Å². The van der Waals surface area contributed by atoms with E-state index in [4.69, 9.17) is 9.30 Å². The fourth-order valence-electron chi connectivity index (χ4n) is 0.751. The van der Waals surface area contributed by atoms with Crippen LogP contribution in [0.25, 0.3) is 0 Å². The first-order chi connectivity index (χ1) is 9.50. The van der Waals surface area contributed by atoms with Crippen LogP contribution in [0.1, 0.15) is 0 Å². The summed E-state index contributed by atoms with van der Waals surface area (Å²) in [5.74, 6) is 0. The smallest absolute Gasteiger partial charge is 0.0919 e. The Bertz CT molecular complexity index is 327. The molecule has 104 valence electrons. The second-order valence-corrected chi connectivity index (χ2v) is 2.48. The van der Waals surface area contributed by atoms with Gasteiger partial charge in [-0.05, 0) is 0 Å². The van der Waals surface area contributed by atoms with E-state index in [1.807, 2.05) is 30.3 Å². The molecule has 0 bridgehead atoms. The molecule has 1 aromatic carbocycles. The van der Waals surface area contributed by atoms with E-state index in [0.29, 0.717) is 0 Å². The Morgan fingerprint density at radius 2 is 1.20 bits per heavy atom. The van der Waals surface area contributed by atoms with Gasteiger partial charge in [0.05, 0.1) is 12.7 Å². The van der Waals surface area contributed by atoms with Crippen LogP contribution >= 0.6 is 0 Å². The van der Waals surface area contributed by atoms with Crippen molar-refractivity contribution in [3.8, 4) is 0 Å². The van der Waals surface area contributed by atoms with Crippen LogP contribution in [0, 0.1) is 13.3 Å². The quantitative estimate of drug-likeness (QED) is 0.413. The minimum absolute atomic E-state index is 0. The van der Waals surface area contributed by atoms with Gasteiger partial charge in [-0.3, -0.25) is 0 Å². The van der Waals surface area contributed by atoms with Crippen LogP contribution in [0.15, 0.2) is 67.8 Å². The van der Waals surface area contributed by atoms with Crippen molar-refractivity contribution in [3.05, 3.63) is 81.1 Å². The molecule has 2 aromatic heterocycles. The van der Waals surface area contributed by atoms with Crippen molar-refractivity contribution < 1.29 is 30.4 Å². The fraction of sp³-hybridized carbons (Fsp3) is 0. The van der Waals surface area contributed by atoms with Gasteiger partial charge in [-0.25, -0.2) is 22.1 Å². The molecule has 0 saturated heterocycles. The Balaban J connectivity index is -0.000000189. The molecule has 0 amide bonds. The molecule has 0 saturated carbocycles. The Labute approximate surface area is 131 Å². The molecule has 7 heteroatoms. The largest absolute Gasteiger partial charge is 0.351 e. The zero-order valence-electron chi connectivity index (χ0n) is 10.5. The molecule has 0 aliphatic carbocycles. The maximum Gasteiger partial charge on any atom is 0.0919 e. The van der Waals surface area contributed by atoms with E-state index in [1.54, 1.807) is 37.4 Å². The first kappa shape index (κ1) is 23.1. The normalized spacial score (nSPS) is 6.20. The first-order valence-corrected chi connectivity index (χ1v) is 4.93. The van der Waals surface area contributed by atoms with E-state index in [1.165, 1.54) is 0 Å². The average molecular weight is 441 g/mol. The zero-order chi connectivity index (χ0) is 14.6. The summed E-state index contributed by atoms with van der Waals surface area (Å²) >= 11 is 0. The molecule has 0 fully saturated rings. The molecule has 0 aliphatic heterocycles. The summed E-state index contributed by atoms with van der Waals surface area (Å²) in [5, 5.41) is 0. The summed E-state index contributed by atoms with van der Waals surface area (Å²) in [4.78, 5) is 12.8. The third-order valence-electron chi connectivity index (χ3n) is 1.37. The summed E-state index contributed by atoms with van der Waals surface area (Å²) < 4.78 is 15.0. The summed E-state index contributed by atoms with van der Waals surface area (Å²) in [5.41, 5.74) is 0. The van der Waals surface area contributed by atoms with Crippen LogP contribution in [0.2, 0.25) is 0 Å². The molecule has 3 rings (SSSR count). The number of aromatic amines is 2. The zero-order valence-corrected chi connectivity index (χ0v) is 13.4. The average Bonchev–Trinajstić information content (AvgIpc) is 3.31. The van der Waals surface area contributed by atoms with Crippen LogP contribution in [0.4, 0.5) is 0 Å². The van der Waals surface area contributed by atoms with Gasteiger partial charge < -0.3 is 9.97 Å². The standard InChI is InChI=1S/C5H5.2C3H4N2.2CO.W/c1-2-4-5-3-1;2*1-2-5-3-4-1;2*1-2;/h1-5H;2*1-3H,(H,4,5);;;/q-1;;;;;. The van der Waals surface area contributed by atoms with E-state index >= 15 is 0 Å². The molecule has 0 aliphatic rings. The Kier molecular flexibility index (Phi) is 29.6. The van der Waals surface area contributed by atoms with Crippen LogP contribution in [0.5, 0.6) is 0 Å². The predicted octanol–water partition coefficient (Wildman–Crippen LogP) is 2.15. The van der Waals surface area contributed by atoms with Crippen LogP contribution in [-0.2, 0) is 30.4 Å². The first-order valence-electron chi connectivity index (χ1n) is 4.93. The van der Waals surface area contributed by atoms with Crippen molar-refractivity contribution >= 4 is 0 Å². The van der Waals surface area contributed by atoms with Crippen molar-refractivity contribution in [2.75, 3.05) is 0 Å². The third-order valence-corrected chi connectivity index (χ3v) is 1.37. The summed E-state index contributed by atoms with van der Waals surface area (Å²) in [6, 6.07) is 10.0. The molecule has 2 heterocycles. The van der Waals surface area contributed by atoms with Crippen LogP contribution in [0.3, 0.4) is 0 Å². The summed E-state index contributed by atoms with van der Waals surface area (Å²) in [6.45, 7) is 9.00. The molecule has 0 radical (unpaired) electrons. The topological polar surface area (TPSA) is 97.2 Å². The molecule has 3 aromatic rings. The van der Waals surface area contributed by atoms with E-state index < -0.39 is 0 Å². The molecule has 2 N–H and O–H groups in total. The van der Waals surface area contributed by atoms with Gasteiger partial charge >= 0.3 is 22.6 Å². The van der Waals surface area contributed by atoms with Gasteiger partial charge in [0.25, 0.3) is 0 Å². The summed E-state index contributed by atoms with van der Waals surface area (Å²) in [6.07, 6.45) is 10.2. The van der Waals surface area contributed by atoms with E-state index in [2.05, 4.69) is 33.2 Å². The molecular weight excluding hydrogens is 428 g/mol. The number of rotatable bonds is 0. The SMILES string of the molecule is [C-]#[O+].[C-]#[O+].[W].c1c[nH]cn1.c1c[nH]cn1.c1cc[cH-]c1. The van der Waals surface area contributed by atoms with Gasteiger partial charge in [0, 0.05) is 45.9 Å². The number of hydrogen-bond donors (Lipinski definition) is 2.